The molecule has 2 heterocycles. The quantitative estimate of drug-likeness (QED) is 0.447. The van der Waals surface area contributed by atoms with E-state index in [-0.39, 0.29) is 18.6 Å². The molecule has 3 rings (SSSR count). The second kappa shape index (κ2) is 8.66. The molecule has 8 heteroatoms. The third-order valence-corrected chi connectivity index (χ3v) is 5.85. The Morgan fingerprint density at radius 1 is 1.19 bits per heavy atom. The molecule has 1 aromatic carbocycles. The molecule has 0 bridgehead atoms. The van der Waals surface area contributed by atoms with Crippen molar-refractivity contribution < 1.29 is 9.84 Å². The first-order valence-corrected chi connectivity index (χ1v) is 10.2. The third-order valence-electron chi connectivity index (χ3n) is 3.92. The summed E-state index contributed by atoms with van der Waals surface area (Å²) >= 11 is 2.96. The van der Waals surface area contributed by atoms with Gasteiger partial charge in [-0.15, -0.1) is 0 Å². The molecule has 0 saturated carbocycles. The van der Waals surface area contributed by atoms with Gasteiger partial charge in [0, 0.05) is 5.75 Å². The molecule has 0 fully saturated rings. The highest BCUT2D eigenvalue weighted by Gasteiger charge is 2.19. The van der Waals surface area contributed by atoms with Gasteiger partial charge in [-0.05, 0) is 11.5 Å². The molecule has 0 aliphatic carbocycles. The standard InChI is InChI=1S/C18H22N4O2S2/c1-11(2)13(9-23)19-15-14-16(22-18(24-3)26-14)21-17(20-15)25-10-12-7-5-4-6-8-12/h4-8,11,13,23H,9-10H2,1-3H3,(H,19,20,21)/t13-/m0/s1. The van der Waals surface area contributed by atoms with E-state index in [4.69, 9.17) is 4.74 Å². The molecule has 26 heavy (non-hydrogen) atoms. The second-order valence-electron chi connectivity index (χ2n) is 6.14. The second-order valence-corrected chi connectivity index (χ2v) is 8.05. The lowest BCUT2D eigenvalue weighted by Crippen LogP contribution is -2.30. The van der Waals surface area contributed by atoms with E-state index < -0.39 is 0 Å². The Morgan fingerprint density at radius 2 is 1.96 bits per heavy atom. The van der Waals surface area contributed by atoms with Gasteiger partial charge in [0.05, 0.1) is 19.8 Å². The van der Waals surface area contributed by atoms with Gasteiger partial charge in [0.25, 0.3) is 5.19 Å². The van der Waals surface area contributed by atoms with Gasteiger partial charge in [-0.3, -0.25) is 0 Å². The summed E-state index contributed by atoms with van der Waals surface area (Å²) in [6, 6.07) is 10.1. The molecule has 0 radical (unpaired) electrons. The Hall–Kier alpha value is -1.90. The van der Waals surface area contributed by atoms with Crippen LogP contribution in [0, 0.1) is 5.92 Å². The molecule has 2 N–H and O–H groups in total. The first kappa shape index (κ1) is 18.9. The number of anilines is 1. The highest BCUT2D eigenvalue weighted by Crippen LogP contribution is 2.34. The normalized spacial score (nSPS) is 12.5. The molecular weight excluding hydrogens is 368 g/mol. The molecule has 6 nitrogen and oxygen atoms in total. The fraction of sp³-hybridized carbons (Fsp3) is 0.389. The van der Waals surface area contributed by atoms with Crippen LogP contribution in [0.25, 0.3) is 10.3 Å². The smallest absolute Gasteiger partial charge is 0.275 e. The zero-order valence-electron chi connectivity index (χ0n) is 15.0. The molecule has 0 spiro atoms. The Balaban J connectivity index is 1.91. The van der Waals surface area contributed by atoms with Crippen LogP contribution in [-0.4, -0.2) is 39.8 Å². The van der Waals surface area contributed by atoms with Crippen molar-refractivity contribution in [3.8, 4) is 5.19 Å². The van der Waals surface area contributed by atoms with Crippen LogP contribution in [0.15, 0.2) is 35.5 Å². The van der Waals surface area contributed by atoms with Crippen LogP contribution >= 0.6 is 23.1 Å². The lowest BCUT2D eigenvalue weighted by Gasteiger charge is -2.20. The summed E-state index contributed by atoms with van der Waals surface area (Å²) in [4.78, 5) is 13.7. The summed E-state index contributed by atoms with van der Waals surface area (Å²) in [6.07, 6.45) is 0. The number of aliphatic hydroxyl groups is 1. The molecule has 0 unspecified atom stereocenters. The van der Waals surface area contributed by atoms with Crippen molar-refractivity contribution in [1.82, 2.24) is 15.0 Å². The predicted octanol–water partition coefficient (Wildman–Crippen LogP) is 3.82. The topological polar surface area (TPSA) is 80.2 Å². The van der Waals surface area contributed by atoms with E-state index in [0.717, 1.165) is 10.5 Å². The largest absolute Gasteiger partial charge is 0.473 e. The van der Waals surface area contributed by atoms with Crippen LogP contribution in [0.3, 0.4) is 0 Å². The lowest BCUT2D eigenvalue weighted by atomic mass is 10.1. The fourth-order valence-electron chi connectivity index (χ4n) is 2.36. The maximum absolute atomic E-state index is 9.65. The Labute approximate surface area is 161 Å². The van der Waals surface area contributed by atoms with Gasteiger partial charge in [0.1, 0.15) is 4.70 Å². The average molecular weight is 391 g/mol. The number of ether oxygens (including phenoxy) is 1. The lowest BCUT2D eigenvalue weighted by molar-refractivity contribution is 0.249. The number of rotatable bonds is 8. The van der Waals surface area contributed by atoms with Gasteiger partial charge < -0.3 is 15.2 Å². The van der Waals surface area contributed by atoms with E-state index in [1.807, 2.05) is 18.2 Å². The number of hydrogen-bond donors (Lipinski definition) is 2. The van der Waals surface area contributed by atoms with Crippen LogP contribution < -0.4 is 10.1 Å². The summed E-state index contributed by atoms with van der Waals surface area (Å²) in [7, 11) is 1.59. The fourth-order valence-corrected chi connectivity index (χ4v) is 3.92. The number of hydrogen-bond acceptors (Lipinski definition) is 8. The van der Waals surface area contributed by atoms with Gasteiger partial charge in [0.2, 0.25) is 0 Å². The van der Waals surface area contributed by atoms with Crippen molar-refractivity contribution >= 4 is 39.3 Å². The van der Waals surface area contributed by atoms with Crippen LogP contribution in [-0.2, 0) is 5.75 Å². The van der Waals surface area contributed by atoms with E-state index in [9.17, 15) is 5.11 Å². The molecule has 0 saturated heterocycles. The van der Waals surface area contributed by atoms with E-state index in [2.05, 4.69) is 46.2 Å². The molecule has 1 atom stereocenters. The first-order chi connectivity index (χ1) is 12.6. The number of thioether (sulfide) groups is 1. The van der Waals surface area contributed by atoms with E-state index in [1.165, 1.54) is 16.9 Å². The maximum atomic E-state index is 9.65. The molecule has 3 aromatic rings. The first-order valence-electron chi connectivity index (χ1n) is 8.37. The third kappa shape index (κ3) is 4.44. The highest BCUT2D eigenvalue weighted by molar-refractivity contribution is 7.98. The Kier molecular flexibility index (Phi) is 6.29. The zero-order valence-corrected chi connectivity index (χ0v) is 16.6. The summed E-state index contributed by atoms with van der Waals surface area (Å²) < 4.78 is 6.10. The number of benzene rings is 1. The highest BCUT2D eigenvalue weighted by atomic mass is 32.2. The number of methoxy groups -OCH3 is 1. The van der Waals surface area contributed by atoms with Gasteiger partial charge in [-0.2, -0.15) is 4.98 Å². The Morgan fingerprint density at radius 3 is 2.62 bits per heavy atom. The number of fused-ring (bicyclic) bond motifs is 1. The van der Waals surface area contributed by atoms with Gasteiger partial charge in [-0.25, -0.2) is 9.97 Å². The molecule has 0 amide bonds. The van der Waals surface area contributed by atoms with Gasteiger partial charge in [0.15, 0.2) is 16.6 Å². The number of nitrogens with zero attached hydrogens (tertiary/aromatic N) is 3. The summed E-state index contributed by atoms with van der Waals surface area (Å²) in [5, 5.41) is 14.2. The SMILES string of the molecule is COc1nc2nc(SCc3ccccc3)nc(N[C@@H](CO)C(C)C)c2s1. The van der Waals surface area contributed by atoms with Crippen molar-refractivity contribution in [2.75, 3.05) is 19.0 Å². The van der Waals surface area contributed by atoms with E-state index in [0.29, 0.717) is 21.8 Å². The van der Waals surface area contributed by atoms with Crippen LogP contribution in [0.2, 0.25) is 0 Å². The molecule has 0 aliphatic heterocycles. The van der Waals surface area contributed by atoms with Crippen LogP contribution in [0.1, 0.15) is 19.4 Å². The number of aliphatic hydroxyl groups excluding tert-OH is 1. The van der Waals surface area contributed by atoms with Crippen LogP contribution in [0.4, 0.5) is 5.82 Å². The molecular formula is C18H22N4O2S2. The zero-order chi connectivity index (χ0) is 18.5. The number of thiazole rings is 1. The minimum atomic E-state index is -0.0897. The number of nitrogens with one attached hydrogen (secondary N) is 1. The number of aromatic nitrogens is 3. The van der Waals surface area contributed by atoms with Crippen molar-refractivity contribution in [2.45, 2.75) is 30.8 Å². The summed E-state index contributed by atoms with van der Waals surface area (Å²) in [6.45, 7) is 4.15. The van der Waals surface area contributed by atoms with Crippen molar-refractivity contribution in [3.63, 3.8) is 0 Å². The molecule has 0 aliphatic rings. The summed E-state index contributed by atoms with van der Waals surface area (Å²) in [5.41, 5.74) is 1.82. The molecule has 138 valence electrons. The monoisotopic (exact) mass is 390 g/mol. The van der Waals surface area contributed by atoms with E-state index in [1.54, 1.807) is 18.9 Å². The summed E-state index contributed by atoms with van der Waals surface area (Å²) in [5.74, 6) is 1.74. The minimum Gasteiger partial charge on any atom is -0.473 e. The van der Waals surface area contributed by atoms with Crippen molar-refractivity contribution in [1.29, 1.82) is 0 Å². The van der Waals surface area contributed by atoms with Gasteiger partial charge in [-0.1, -0.05) is 67.3 Å². The average Bonchev–Trinajstić information content (AvgIpc) is 3.08. The Bertz CT molecular complexity index is 855. The van der Waals surface area contributed by atoms with E-state index >= 15 is 0 Å². The van der Waals surface area contributed by atoms with Crippen molar-refractivity contribution in [2.24, 2.45) is 5.92 Å². The van der Waals surface area contributed by atoms with Crippen molar-refractivity contribution in [3.05, 3.63) is 35.9 Å². The predicted molar refractivity (Wildman–Crippen MR) is 107 cm³/mol. The molecule has 2 aromatic heterocycles. The van der Waals surface area contributed by atoms with Gasteiger partial charge >= 0.3 is 0 Å². The van der Waals surface area contributed by atoms with Crippen LogP contribution in [0.5, 0.6) is 5.19 Å². The minimum absolute atomic E-state index is 0.0333. The maximum Gasteiger partial charge on any atom is 0.275 e.